The zero-order valence-corrected chi connectivity index (χ0v) is 17.6. The summed E-state index contributed by atoms with van der Waals surface area (Å²) in [5.74, 6) is -0.667. The molecule has 1 aliphatic heterocycles. The van der Waals surface area contributed by atoms with Gasteiger partial charge in [0.2, 0.25) is 0 Å². The molecule has 0 aromatic heterocycles. The highest BCUT2D eigenvalue weighted by atomic mass is 16.2. The summed E-state index contributed by atoms with van der Waals surface area (Å²) in [5, 5.41) is 4.83. The third-order valence-electron chi connectivity index (χ3n) is 6.04. The van der Waals surface area contributed by atoms with Crippen molar-refractivity contribution >= 4 is 28.5 Å². The van der Waals surface area contributed by atoms with Crippen LogP contribution in [0.1, 0.15) is 39.5 Å². The Balaban J connectivity index is 1.63. The standard InChI is InChI=1S/C25H24N2O3/c1-15-11-17(3)21(12-16(15)2)22(28)14-27-23(29)25(4,26-24(27)30)20-10-9-18-7-5-6-8-19(18)13-20/h5-13H,14H2,1-4H3,(H,26,30)/t25-/m0/s1. The van der Waals surface area contributed by atoms with Crippen molar-refractivity contribution in [3.05, 3.63) is 82.4 Å². The number of urea groups is 1. The molecule has 1 saturated heterocycles. The third-order valence-corrected chi connectivity index (χ3v) is 6.04. The SMILES string of the molecule is Cc1cc(C)c(C(=O)CN2C(=O)N[C@@](C)(c3ccc4ccccc4c3)C2=O)cc1C. The molecule has 3 aromatic rings. The number of imide groups is 1. The Morgan fingerprint density at radius 2 is 1.57 bits per heavy atom. The van der Waals surface area contributed by atoms with Crippen molar-refractivity contribution in [3.8, 4) is 0 Å². The van der Waals surface area contributed by atoms with Gasteiger partial charge in [0.25, 0.3) is 5.91 Å². The van der Waals surface area contributed by atoms with E-state index in [2.05, 4.69) is 5.32 Å². The molecule has 1 heterocycles. The number of benzene rings is 3. The second-order valence-corrected chi connectivity index (χ2v) is 8.18. The van der Waals surface area contributed by atoms with Crippen molar-refractivity contribution in [1.29, 1.82) is 0 Å². The molecule has 1 fully saturated rings. The van der Waals surface area contributed by atoms with Gasteiger partial charge in [-0.25, -0.2) is 4.79 Å². The van der Waals surface area contributed by atoms with Crippen LogP contribution in [0.25, 0.3) is 10.8 Å². The zero-order valence-electron chi connectivity index (χ0n) is 17.6. The zero-order chi connectivity index (χ0) is 21.6. The first kappa shape index (κ1) is 19.8. The summed E-state index contributed by atoms with van der Waals surface area (Å²) in [6.45, 7) is 7.20. The normalized spacial score (nSPS) is 18.7. The van der Waals surface area contributed by atoms with Crippen LogP contribution in [-0.4, -0.2) is 29.2 Å². The largest absolute Gasteiger partial charge is 0.325 e. The van der Waals surface area contributed by atoms with Crippen LogP contribution in [0.5, 0.6) is 0 Å². The molecule has 3 amide bonds. The highest BCUT2D eigenvalue weighted by molar-refractivity contribution is 6.11. The number of hydrogen-bond acceptors (Lipinski definition) is 3. The Morgan fingerprint density at radius 3 is 2.30 bits per heavy atom. The maximum absolute atomic E-state index is 13.2. The summed E-state index contributed by atoms with van der Waals surface area (Å²) >= 11 is 0. The molecular formula is C25H24N2O3. The van der Waals surface area contributed by atoms with Crippen molar-refractivity contribution in [2.75, 3.05) is 6.54 Å². The Hall–Kier alpha value is -3.47. The fourth-order valence-corrected chi connectivity index (χ4v) is 4.03. The maximum Gasteiger partial charge on any atom is 0.325 e. The number of nitrogens with zero attached hydrogens (tertiary/aromatic N) is 1. The van der Waals surface area contributed by atoms with E-state index in [1.165, 1.54) is 0 Å². The molecule has 1 N–H and O–H groups in total. The minimum atomic E-state index is -1.21. The van der Waals surface area contributed by atoms with Crippen molar-refractivity contribution in [2.24, 2.45) is 0 Å². The predicted octanol–water partition coefficient (Wildman–Crippen LogP) is 4.41. The molecule has 0 saturated carbocycles. The van der Waals surface area contributed by atoms with Gasteiger partial charge in [0, 0.05) is 5.56 Å². The monoisotopic (exact) mass is 400 g/mol. The number of hydrogen-bond donors (Lipinski definition) is 1. The number of ketones is 1. The van der Waals surface area contributed by atoms with Crippen LogP contribution in [0.4, 0.5) is 4.79 Å². The van der Waals surface area contributed by atoms with E-state index in [0.717, 1.165) is 32.4 Å². The number of rotatable bonds is 4. The van der Waals surface area contributed by atoms with Gasteiger partial charge in [-0.3, -0.25) is 14.5 Å². The number of nitrogens with one attached hydrogen (secondary N) is 1. The summed E-state index contributed by atoms with van der Waals surface area (Å²) in [6.07, 6.45) is 0. The summed E-state index contributed by atoms with van der Waals surface area (Å²) in [6, 6.07) is 16.8. The van der Waals surface area contributed by atoms with Gasteiger partial charge < -0.3 is 5.32 Å². The van der Waals surface area contributed by atoms with Crippen molar-refractivity contribution in [2.45, 2.75) is 33.2 Å². The summed E-state index contributed by atoms with van der Waals surface area (Å²) in [5.41, 5.74) is 2.96. The number of fused-ring (bicyclic) bond motifs is 1. The molecule has 5 heteroatoms. The number of carbonyl (C=O) groups is 3. The van der Waals surface area contributed by atoms with Gasteiger partial charge >= 0.3 is 6.03 Å². The first-order valence-corrected chi connectivity index (χ1v) is 9.95. The van der Waals surface area contributed by atoms with E-state index in [1.807, 2.05) is 75.4 Å². The molecule has 1 aliphatic rings. The highest BCUT2D eigenvalue weighted by Gasteiger charge is 2.49. The van der Waals surface area contributed by atoms with Gasteiger partial charge in [-0.1, -0.05) is 42.5 Å². The minimum absolute atomic E-state index is 0.248. The van der Waals surface area contributed by atoms with Gasteiger partial charge in [-0.15, -0.1) is 0 Å². The van der Waals surface area contributed by atoms with E-state index in [9.17, 15) is 14.4 Å². The molecule has 152 valence electrons. The summed E-state index contributed by atoms with van der Waals surface area (Å²) in [7, 11) is 0. The number of carbonyl (C=O) groups excluding carboxylic acids is 3. The van der Waals surface area contributed by atoms with Crippen LogP contribution in [-0.2, 0) is 10.3 Å². The van der Waals surface area contributed by atoms with Gasteiger partial charge in [0.15, 0.2) is 5.78 Å². The molecule has 0 spiro atoms. The van der Waals surface area contributed by atoms with Crippen LogP contribution in [0.2, 0.25) is 0 Å². The van der Waals surface area contributed by atoms with E-state index in [4.69, 9.17) is 0 Å². The van der Waals surface area contributed by atoms with Crippen molar-refractivity contribution in [1.82, 2.24) is 10.2 Å². The lowest BCUT2D eigenvalue weighted by Crippen LogP contribution is -2.41. The second-order valence-electron chi connectivity index (χ2n) is 8.18. The lowest BCUT2D eigenvalue weighted by molar-refractivity contribution is -0.130. The molecule has 0 aliphatic carbocycles. The smallest absolute Gasteiger partial charge is 0.319 e. The van der Waals surface area contributed by atoms with E-state index < -0.39 is 17.5 Å². The average Bonchev–Trinajstić information content (AvgIpc) is 2.94. The number of amides is 3. The van der Waals surface area contributed by atoms with Crippen LogP contribution in [0.15, 0.2) is 54.6 Å². The first-order chi connectivity index (χ1) is 14.2. The van der Waals surface area contributed by atoms with Crippen LogP contribution < -0.4 is 5.32 Å². The Labute approximate surface area is 175 Å². The van der Waals surface area contributed by atoms with Crippen LogP contribution in [0, 0.1) is 20.8 Å². The van der Waals surface area contributed by atoms with E-state index in [-0.39, 0.29) is 12.3 Å². The Kier molecular flexibility index (Phi) is 4.69. The number of Topliss-reactive ketones (excluding diaryl/α,β-unsaturated/α-hetero) is 1. The van der Waals surface area contributed by atoms with Crippen molar-refractivity contribution in [3.63, 3.8) is 0 Å². The lowest BCUT2D eigenvalue weighted by atomic mass is 9.90. The molecule has 5 nitrogen and oxygen atoms in total. The van der Waals surface area contributed by atoms with E-state index >= 15 is 0 Å². The lowest BCUT2D eigenvalue weighted by Gasteiger charge is -2.22. The minimum Gasteiger partial charge on any atom is -0.319 e. The van der Waals surface area contributed by atoms with E-state index in [1.54, 1.807) is 6.92 Å². The summed E-state index contributed by atoms with van der Waals surface area (Å²) < 4.78 is 0. The quantitative estimate of drug-likeness (QED) is 0.521. The number of aryl methyl sites for hydroxylation is 3. The molecule has 0 bridgehead atoms. The third kappa shape index (κ3) is 3.16. The Morgan fingerprint density at radius 1 is 0.900 bits per heavy atom. The van der Waals surface area contributed by atoms with Gasteiger partial charge in [0.1, 0.15) is 5.54 Å². The molecule has 0 unspecified atom stereocenters. The average molecular weight is 400 g/mol. The first-order valence-electron chi connectivity index (χ1n) is 9.95. The van der Waals surface area contributed by atoms with Gasteiger partial charge in [0.05, 0.1) is 6.54 Å². The molecule has 30 heavy (non-hydrogen) atoms. The fourth-order valence-electron chi connectivity index (χ4n) is 4.03. The van der Waals surface area contributed by atoms with Crippen molar-refractivity contribution < 1.29 is 14.4 Å². The predicted molar refractivity (Wildman–Crippen MR) is 117 cm³/mol. The van der Waals surface area contributed by atoms with Gasteiger partial charge in [-0.05, 0) is 72.9 Å². The molecule has 4 rings (SSSR count). The topological polar surface area (TPSA) is 66.5 Å². The highest BCUT2D eigenvalue weighted by Crippen LogP contribution is 2.31. The van der Waals surface area contributed by atoms with Crippen LogP contribution in [0.3, 0.4) is 0 Å². The molecule has 3 aromatic carbocycles. The molecule has 1 atom stereocenters. The molecular weight excluding hydrogens is 376 g/mol. The van der Waals surface area contributed by atoms with Crippen LogP contribution >= 0.6 is 0 Å². The maximum atomic E-state index is 13.2. The molecule has 0 radical (unpaired) electrons. The Bertz CT molecular complexity index is 1210. The second kappa shape index (κ2) is 7.10. The van der Waals surface area contributed by atoms with Gasteiger partial charge in [-0.2, -0.15) is 0 Å². The fraction of sp³-hybridized carbons (Fsp3) is 0.240. The van der Waals surface area contributed by atoms with E-state index in [0.29, 0.717) is 11.1 Å². The summed E-state index contributed by atoms with van der Waals surface area (Å²) in [4.78, 5) is 39.8.